The van der Waals surface area contributed by atoms with Gasteiger partial charge in [0, 0.05) is 18.0 Å². The number of amides is 1. The number of rotatable bonds is 5. The lowest BCUT2D eigenvalue weighted by molar-refractivity contribution is -0.274. The summed E-state index contributed by atoms with van der Waals surface area (Å²) >= 11 is 0. The summed E-state index contributed by atoms with van der Waals surface area (Å²) in [5.74, 6) is 1.70. The van der Waals surface area contributed by atoms with Gasteiger partial charge in [0.2, 0.25) is 0 Å². The van der Waals surface area contributed by atoms with Crippen molar-refractivity contribution in [3.8, 4) is 18.1 Å². The summed E-state index contributed by atoms with van der Waals surface area (Å²) in [6, 6.07) is 4.55. The third-order valence-corrected chi connectivity index (χ3v) is 2.54. The van der Waals surface area contributed by atoms with E-state index in [0.29, 0.717) is 12.8 Å². The van der Waals surface area contributed by atoms with Gasteiger partial charge in [0.15, 0.2) is 0 Å². The molecule has 0 bridgehead atoms. The number of ether oxygens (including phenoxy) is 1. The van der Waals surface area contributed by atoms with Crippen molar-refractivity contribution in [1.82, 2.24) is 5.32 Å². The maximum atomic E-state index is 12.0. The molecule has 1 atom stereocenters. The average molecular weight is 285 g/mol. The first-order valence-electron chi connectivity index (χ1n) is 5.96. The van der Waals surface area contributed by atoms with Crippen molar-refractivity contribution in [2.24, 2.45) is 0 Å². The van der Waals surface area contributed by atoms with Crippen LogP contribution in [0.15, 0.2) is 24.3 Å². The number of alkyl halides is 3. The SMILES string of the molecule is C#CCC(CC)NC(=O)c1ccc(OC(F)(F)F)cc1. The van der Waals surface area contributed by atoms with Crippen LogP contribution in [0.4, 0.5) is 13.2 Å². The van der Waals surface area contributed by atoms with Crippen LogP contribution >= 0.6 is 0 Å². The molecule has 0 aliphatic heterocycles. The molecule has 3 nitrogen and oxygen atoms in total. The zero-order chi connectivity index (χ0) is 15.2. The maximum absolute atomic E-state index is 12.0. The third-order valence-electron chi connectivity index (χ3n) is 2.54. The van der Waals surface area contributed by atoms with E-state index >= 15 is 0 Å². The van der Waals surface area contributed by atoms with E-state index in [-0.39, 0.29) is 23.3 Å². The molecule has 0 saturated heterocycles. The number of terminal acetylenes is 1. The van der Waals surface area contributed by atoms with E-state index in [1.807, 2.05) is 6.92 Å². The highest BCUT2D eigenvalue weighted by molar-refractivity contribution is 5.94. The zero-order valence-electron chi connectivity index (χ0n) is 10.8. The third kappa shape index (κ3) is 5.22. The van der Waals surface area contributed by atoms with Gasteiger partial charge in [0.05, 0.1) is 0 Å². The standard InChI is InChI=1S/C14H14F3NO2/c1-3-5-11(4-2)18-13(19)10-6-8-12(9-7-10)20-14(15,16)17/h1,6-9,11H,4-5H2,2H3,(H,18,19). The number of nitrogens with one attached hydrogen (secondary N) is 1. The molecule has 0 heterocycles. The fourth-order valence-electron chi connectivity index (χ4n) is 1.52. The average Bonchev–Trinajstić information content (AvgIpc) is 2.37. The maximum Gasteiger partial charge on any atom is 0.573 e. The first-order valence-corrected chi connectivity index (χ1v) is 5.96. The van der Waals surface area contributed by atoms with Crippen LogP contribution in [0.5, 0.6) is 5.75 Å². The van der Waals surface area contributed by atoms with E-state index in [9.17, 15) is 18.0 Å². The van der Waals surface area contributed by atoms with Crippen molar-refractivity contribution in [2.75, 3.05) is 0 Å². The Balaban J connectivity index is 2.68. The first-order chi connectivity index (χ1) is 9.35. The van der Waals surface area contributed by atoms with Gasteiger partial charge in [-0.15, -0.1) is 25.5 Å². The van der Waals surface area contributed by atoms with Crippen molar-refractivity contribution in [2.45, 2.75) is 32.2 Å². The second-order valence-electron chi connectivity index (χ2n) is 4.06. The minimum atomic E-state index is -4.75. The van der Waals surface area contributed by atoms with Gasteiger partial charge in [0.1, 0.15) is 5.75 Å². The highest BCUT2D eigenvalue weighted by atomic mass is 19.4. The Hall–Kier alpha value is -2.16. The monoisotopic (exact) mass is 285 g/mol. The number of carbonyl (C=O) groups is 1. The smallest absolute Gasteiger partial charge is 0.406 e. The summed E-state index contributed by atoms with van der Waals surface area (Å²) < 4.78 is 39.7. The van der Waals surface area contributed by atoms with Crippen LogP contribution in [-0.2, 0) is 0 Å². The summed E-state index contributed by atoms with van der Waals surface area (Å²) in [5.41, 5.74) is 0.245. The number of hydrogen-bond acceptors (Lipinski definition) is 2. The molecule has 108 valence electrons. The molecule has 0 aromatic heterocycles. The van der Waals surface area contributed by atoms with Crippen LogP contribution in [0, 0.1) is 12.3 Å². The minimum Gasteiger partial charge on any atom is -0.406 e. The first kappa shape index (κ1) is 15.9. The molecule has 20 heavy (non-hydrogen) atoms. The largest absolute Gasteiger partial charge is 0.573 e. The summed E-state index contributed by atoms with van der Waals surface area (Å²) in [6.07, 6.45) is 1.50. The second-order valence-corrected chi connectivity index (χ2v) is 4.06. The number of carbonyl (C=O) groups excluding carboxylic acids is 1. The van der Waals surface area contributed by atoms with Crippen molar-refractivity contribution in [3.63, 3.8) is 0 Å². The molecule has 1 aromatic rings. The highest BCUT2D eigenvalue weighted by Crippen LogP contribution is 2.22. The van der Waals surface area contributed by atoms with Crippen molar-refractivity contribution >= 4 is 5.91 Å². The van der Waals surface area contributed by atoms with Gasteiger partial charge in [-0.25, -0.2) is 0 Å². The molecule has 6 heteroatoms. The number of hydrogen-bond donors (Lipinski definition) is 1. The van der Waals surface area contributed by atoms with Crippen molar-refractivity contribution in [3.05, 3.63) is 29.8 Å². The molecule has 1 rings (SSSR count). The Kier molecular flexibility index (Phi) is 5.44. The van der Waals surface area contributed by atoms with Crippen LogP contribution < -0.4 is 10.1 Å². The van der Waals surface area contributed by atoms with Gasteiger partial charge in [-0.1, -0.05) is 6.92 Å². The molecule has 0 saturated carbocycles. The molecule has 0 radical (unpaired) electrons. The lowest BCUT2D eigenvalue weighted by atomic mass is 10.1. The van der Waals surface area contributed by atoms with Gasteiger partial charge in [0.25, 0.3) is 5.91 Å². The molecule has 1 aromatic carbocycles. The van der Waals surface area contributed by atoms with Crippen LogP contribution in [-0.4, -0.2) is 18.3 Å². The van der Waals surface area contributed by atoms with Gasteiger partial charge in [-0.05, 0) is 30.7 Å². The molecule has 0 aliphatic rings. The molecular weight excluding hydrogens is 271 g/mol. The normalized spacial score (nSPS) is 12.3. The lowest BCUT2D eigenvalue weighted by Gasteiger charge is -2.14. The van der Waals surface area contributed by atoms with E-state index in [1.54, 1.807) is 0 Å². The number of benzene rings is 1. The lowest BCUT2D eigenvalue weighted by Crippen LogP contribution is -2.34. The number of halogens is 3. The molecule has 0 aliphatic carbocycles. The fourth-order valence-corrected chi connectivity index (χ4v) is 1.52. The molecule has 0 spiro atoms. The molecule has 0 fully saturated rings. The second kappa shape index (κ2) is 6.85. The van der Waals surface area contributed by atoms with Crippen molar-refractivity contribution in [1.29, 1.82) is 0 Å². The Morgan fingerprint density at radius 2 is 2.00 bits per heavy atom. The Labute approximate surface area is 115 Å². The Morgan fingerprint density at radius 3 is 2.45 bits per heavy atom. The van der Waals surface area contributed by atoms with Crippen molar-refractivity contribution < 1.29 is 22.7 Å². The Bertz CT molecular complexity index is 489. The van der Waals surface area contributed by atoms with Gasteiger partial charge >= 0.3 is 6.36 Å². The quantitative estimate of drug-likeness (QED) is 0.844. The summed E-state index contributed by atoms with van der Waals surface area (Å²) in [5, 5.41) is 2.71. The van der Waals surface area contributed by atoms with E-state index in [4.69, 9.17) is 6.42 Å². The zero-order valence-corrected chi connectivity index (χ0v) is 10.8. The highest BCUT2D eigenvalue weighted by Gasteiger charge is 2.31. The van der Waals surface area contributed by atoms with E-state index in [2.05, 4.69) is 16.0 Å². The topological polar surface area (TPSA) is 38.3 Å². The fraction of sp³-hybridized carbons (Fsp3) is 0.357. The predicted octanol–water partition coefficient (Wildman–Crippen LogP) is 3.12. The Morgan fingerprint density at radius 1 is 1.40 bits per heavy atom. The predicted molar refractivity (Wildman–Crippen MR) is 68.1 cm³/mol. The van der Waals surface area contributed by atoms with E-state index < -0.39 is 6.36 Å². The molecule has 1 unspecified atom stereocenters. The van der Waals surface area contributed by atoms with Gasteiger partial charge < -0.3 is 10.1 Å². The van der Waals surface area contributed by atoms with Gasteiger partial charge in [-0.3, -0.25) is 4.79 Å². The minimum absolute atomic E-state index is 0.154. The van der Waals surface area contributed by atoms with Crippen LogP contribution in [0.25, 0.3) is 0 Å². The summed E-state index contributed by atoms with van der Waals surface area (Å²) in [4.78, 5) is 11.8. The van der Waals surface area contributed by atoms with Crippen LogP contribution in [0.2, 0.25) is 0 Å². The summed E-state index contributed by atoms with van der Waals surface area (Å²) in [7, 11) is 0. The van der Waals surface area contributed by atoms with Crippen LogP contribution in [0.3, 0.4) is 0 Å². The summed E-state index contributed by atoms with van der Waals surface area (Å²) in [6.45, 7) is 1.88. The van der Waals surface area contributed by atoms with E-state index in [0.717, 1.165) is 12.1 Å². The molecular formula is C14H14F3NO2. The van der Waals surface area contributed by atoms with E-state index in [1.165, 1.54) is 12.1 Å². The van der Waals surface area contributed by atoms with Gasteiger partial charge in [-0.2, -0.15) is 0 Å². The van der Waals surface area contributed by atoms with Crippen LogP contribution in [0.1, 0.15) is 30.1 Å². The molecule has 1 amide bonds. The molecule has 1 N–H and O–H groups in total.